The van der Waals surface area contributed by atoms with Gasteiger partial charge in [-0.3, -0.25) is 9.69 Å². The molecule has 38 heavy (non-hydrogen) atoms. The van der Waals surface area contributed by atoms with Crippen LogP contribution in [0.5, 0.6) is 5.75 Å². The molecular weight excluding hydrogens is 496 g/mol. The summed E-state index contributed by atoms with van der Waals surface area (Å²) in [6, 6.07) is 16.6. The molecule has 1 aromatic heterocycles. The highest BCUT2D eigenvalue weighted by atomic mass is 35.5. The number of carbonyl (C=O) groups excluding carboxylic acids is 1. The van der Waals surface area contributed by atoms with Crippen molar-refractivity contribution in [1.29, 1.82) is 0 Å². The molecule has 2 atom stereocenters. The summed E-state index contributed by atoms with van der Waals surface area (Å²) in [5.74, 6) is 1.65. The predicted octanol–water partition coefficient (Wildman–Crippen LogP) is 5.40. The molecule has 1 saturated heterocycles. The van der Waals surface area contributed by atoms with E-state index in [4.69, 9.17) is 16.3 Å². The lowest BCUT2D eigenvalue weighted by Crippen LogP contribution is -2.53. The zero-order valence-corrected chi connectivity index (χ0v) is 23.3. The van der Waals surface area contributed by atoms with Gasteiger partial charge in [0.1, 0.15) is 11.9 Å². The summed E-state index contributed by atoms with van der Waals surface area (Å²) in [6.45, 7) is 4.71. The van der Waals surface area contributed by atoms with Crippen LogP contribution in [0.2, 0.25) is 5.02 Å². The minimum Gasteiger partial charge on any atom is -0.484 e. The molecule has 2 aliphatic carbocycles. The second-order valence-corrected chi connectivity index (χ2v) is 11.8. The molecule has 2 aromatic carbocycles. The summed E-state index contributed by atoms with van der Waals surface area (Å²) in [4.78, 5) is 19.0. The van der Waals surface area contributed by atoms with Gasteiger partial charge in [0, 0.05) is 61.1 Å². The number of aromatic nitrogens is 1. The molecule has 3 aliphatic rings. The van der Waals surface area contributed by atoms with Crippen molar-refractivity contribution < 1.29 is 9.53 Å². The fraction of sp³-hybridized carbons (Fsp3) is 0.516. The Labute approximate surface area is 230 Å². The highest BCUT2D eigenvalue weighted by molar-refractivity contribution is 6.30. The van der Waals surface area contributed by atoms with E-state index in [1.165, 1.54) is 25.7 Å². The van der Waals surface area contributed by atoms with Crippen molar-refractivity contribution in [2.75, 3.05) is 40.3 Å². The number of nitrogens with one attached hydrogen (secondary N) is 1. The molecule has 3 aromatic rings. The lowest BCUT2D eigenvalue weighted by molar-refractivity contribution is 0.0498. The molecule has 2 fully saturated rings. The van der Waals surface area contributed by atoms with Crippen molar-refractivity contribution in [3.63, 3.8) is 0 Å². The number of Topliss-reactive ketones (excluding diaryl/α,β-unsaturated/α-hetero) is 1. The highest BCUT2D eigenvalue weighted by Crippen LogP contribution is 2.42. The Bertz CT molecular complexity index is 1270. The molecule has 0 radical (unpaired) electrons. The van der Waals surface area contributed by atoms with Crippen LogP contribution in [0, 0.1) is 5.92 Å². The molecule has 202 valence electrons. The molecule has 1 N–H and O–H groups in total. The van der Waals surface area contributed by atoms with Crippen molar-refractivity contribution in [2.24, 2.45) is 5.92 Å². The smallest absolute Gasteiger partial charge is 0.182 e. The van der Waals surface area contributed by atoms with E-state index in [9.17, 15) is 4.79 Å². The first-order valence-electron chi connectivity index (χ1n) is 14.2. The molecule has 1 unspecified atom stereocenters. The second-order valence-electron chi connectivity index (χ2n) is 11.4. The minimum absolute atomic E-state index is 0.168. The Kier molecular flexibility index (Phi) is 7.50. The number of halogens is 1. The van der Waals surface area contributed by atoms with Gasteiger partial charge in [-0.15, -0.1) is 0 Å². The van der Waals surface area contributed by atoms with E-state index in [0.29, 0.717) is 23.4 Å². The van der Waals surface area contributed by atoms with Crippen LogP contribution in [0.25, 0.3) is 10.9 Å². The number of likely N-dealkylation sites (N-methyl/N-ethyl adjacent to an activating group) is 1. The third kappa shape index (κ3) is 5.00. The standard InChI is InChI=1S/C31H39ClN4O2/c1-33-23-11-7-21(8-12-23)20-36-26-6-4-3-5-25(26)29-30(36)28(38-24-13-9-22(32)10-14-24)19-27(31(29)37)35-17-15-34(2)16-18-35/h3-6,9-10,13-14,21,23,27-28,33H,7-8,11-12,15-20H2,1-2H3/t21?,23?,27?,28-/m1/s1. The van der Waals surface area contributed by atoms with Crippen LogP contribution in [-0.2, 0) is 6.54 Å². The first-order chi connectivity index (χ1) is 18.5. The van der Waals surface area contributed by atoms with Gasteiger partial charge in [-0.1, -0.05) is 29.8 Å². The number of piperazine rings is 1. The van der Waals surface area contributed by atoms with Crippen LogP contribution in [0.4, 0.5) is 0 Å². The first kappa shape index (κ1) is 25.9. The SMILES string of the molecule is CNC1CCC(Cn2c3c(c4ccccc42)C(=O)C(N2CCN(C)CC2)C[C@H]3Oc2ccc(Cl)cc2)CC1. The van der Waals surface area contributed by atoms with Crippen molar-refractivity contribution in [3.05, 3.63) is 64.8 Å². The number of nitrogens with zero attached hydrogens (tertiary/aromatic N) is 3. The maximum Gasteiger partial charge on any atom is 0.182 e. The van der Waals surface area contributed by atoms with Gasteiger partial charge in [0.25, 0.3) is 0 Å². The largest absolute Gasteiger partial charge is 0.484 e. The van der Waals surface area contributed by atoms with Gasteiger partial charge < -0.3 is 19.5 Å². The number of ketones is 1. The first-order valence-corrected chi connectivity index (χ1v) is 14.6. The second kappa shape index (κ2) is 11.0. The quantitative estimate of drug-likeness (QED) is 0.459. The van der Waals surface area contributed by atoms with E-state index < -0.39 is 0 Å². The van der Waals surface area contributed by atoms with Crippen molar-refractivity contribution in [1.82, 2.24) is 19.7 Å². The number of para-hydroxylation sites is 1. The van der Waals surface area contributed by atoms with Gasteiger partial charge in [-0.2, -0.15) is 0 Å². The van der Waals surface area contributed by atoms with Gasteiger partial charge in [0.05, 0.1) is 17.3 Å². The predicted molar refractivity (Wildman–Crippen MR) is 153 cm³/mol. The van der Waals surface area contributed by atoms with Crippen molar-refractivity contribution >= 4 is 28.3 Å². The number of hydrogen-bond donors (Lipinski definition) is 1. The van der Waals surface area contributed by atoms with Crippen LogP contribution in [0.15, 0.2) is 48.5 Å². The Hall–Kier alpha value is -2.38. The van der Waals surface area contributed by atoms with Gasteiger partial charge in [-0.05, 0) is 76.0 Å². The zero-order valence-electron chi connectivity index (χ0n) is 22.5. The van der Waals surface area contributed by atoms with E-state index in [1.54, 1.807) is 0 Å². The Morgan fingerprint density at radius 1 is 0.974 bits per heavy atom. The number of rotatable bonds is 6. The molecular formula is C31H39ClN4O2. The van der Waals surface area contributed by atoms with Gasteiger partial charge in [-0.25, -0.2) is 0 Å². The maximum absolute atomic E-state index is 14.3. The summed E-state index contributed by atoms with van der Waals surface area (Å²) in [7, 11) is 4.23. The van der Waals surface area contributed by atoms with E-state index in [1.807, 2.05) is 24.3 Å². The van der Waals surface area contributed by atoms with E-state index in [-0.39, 0.29) is 17.9 Å². The summed E-state index contributed by atoms with van der Waals surface area (Å²) in [5.41, 5.74) is 3.09. The normalized spacial score (nSPS) is 27.0. The molecule has 0 amide bonds. The van der Waals surface area contributed by atoms with Gasteiger partial charge in [0.2, 0.25) is 0 Å². The number of ether oxygens (including phenoxy) is 1. The van der Waals surface area contributed by atoms with Gasteiger partial charge in [0.15, 0.2) is 5.78 Å². The average Bonchev–Trinajstić information content (AvgIpc) is 3.27. The molecule has 2 heterocycles. The number of benzene rings is 2. The van der Waals surface area contributed by atoms with E-state index in [0.717, 1.165) is 60.6 Å². The molecule has 7 heteroatoms. The lowest BCUT2D eigenvalue weighted by Gasteiger charge is -2.41. The molecule has 6 rings (SSSR count). The Morgan fingerprint density at radius 3 is 2.39 bits per heavy atom. The Morgan fingerprint density at radius 2 is 1.68 bits per heavy atom. The van der Waals surface area contributed by atoms with Crippen LogP contribution >= 0.6 is 11.6 Å². The maximum atomic E-state index is 14.3. The molecule has 1 saturated carbocycles. The molecule has 0 bridgehead atoms. The summed E-state index contributed by atoms with van der Waals surface area (Å²) >= 11 is 6.18. The number of hydrogen-bond acceptors (Lipinski definition) is 5. The number of fused-ring (bicyclic) bond motifs is 3. The van der Waals surface area contributed by atoms with Crippen molar-refractivity contribution in [2.45, 2.75) is 56.8 Å². The van der Waals surface area contributed by atoms with E-state index >= 15 is 0 Å². The molecule has 0 spiro atoms. The lowest BCUT2D eigenvalue weighted by atomic mass is 9.85. The van der Waals surface area contributed by atoms with Crippen LogP contribution < -0.4 is 10.1 Å². The zero-order chi connectivity index (χ0) is 26.2. The molecule has 6 nitrogen and oxygen atoms in total. The summed E-state index contributed by atoms with van der Waals surface area (Å²) in [5, 5.41) is 5.22. The van der Waals surface area contributed by atoms with Crippen molar-refractivity contribution in [3.8, 4) is 5.75 Å². The topological polar surface area (TPSA) is 49.7 Å². The number of carbonyl (C=O) groups is 1. The third-order valence-electron chi connectivity index (χ3n) is 9.07. The van der Waals surface area contributed by atoms with Gasteiger partial charge >= 0.3 is 0 Å². The van der Waals surface area contributed by atoms with Crippen LogP contribution in [0.3, 0.4) is 0 Å². The minimum atomic E-state index is -0.199. The summed E-state index contributed by atoms with van der Waals surface area (Å²) in [6.07, 6.45) is 5.28. The van der Waals surface area contributed by atoms with Crippen LogP contribution in [-0.4, -0.2) is 72.5 Å². The average molecular weight is 535 g/mol. The summed E-state index contributed by atoms with van der Waals surface area (Å²) < 4.78 is 9.18. The fourth-order valence-corrected chi connectivity index (χ4v) is 6.95. The van der Waals surface area contributed by atoms with Crippen LogP contribution in [0.1, 0.15) is 54.3 Å². The Balaban J connectivity index is 1.41. The fourth-order valence-electron chi connectivity index (χ4n) is 6.82. The highest BCUT2D eigenvalue weighted by Gasteiger charge is 2.43. The third-order valence-corrected chi connectivity index (χ3v) is 9.32. The molecule has 1 aliphatic heterocycles. The monoisotopic (exact) mass is 534 g/mol. The van der Waals surface area contributed by atoms with E-state index in [2.05, 4.69) is 58.0 Å².